The molecule has 0 aromatic heterocycles. The molecule has 0 bridgehead atoms. The molecule has 110 valence electrons. The highest BCUT2D eigenvalue weighted by Gasteiger charge is 2.20. The van der Waals surface area contributed by atoms with Crippen molar-refractivity contribution in [2.45, 2.75) is 37.8 Å². The highest BCUT2D eigenvalue weighted by Crippen LogP contribution is 2.18. The number of carboxylic acids is 1. The summed E-state index contributed by atoms with van der Waals surface area (Å²) in [5.74, 6) is -0.276. The number of nitrogens with one attached hydrogen (secondary N) is 3. The Bertz CT molecular complexity index is 298. The standard InChI is InChI=1S/C12H23N3O3S/c1-19-8-5-10(11(16)17)15-12(18)14-7-2-6-13-9-3-4-9/h9-10,13H,2-8H2,1H3,(H,16,17)(H2,14,15,18). The van der Waals surface area contributed by atoms with Crippen molar-refractivity contribution in [1.29, 1.82) is 0 Å². The third-order valence-electron chi connectivity index (χ3n) is 2.86. The van der Waals surface area contributed by atoms with Crippen LogP contribution in [0, 0.1) is 0 Å². The van der Waals surface area contributed by atoms with Crippen LogP contribution in [-0.4, -0.2) is 54.3 Å². The van der Waals surface area contributed by atoms with Gasteiger partial charge in [-0.2, -0.15) is 11.8 Å². The number of amides is 2. The molecule has 0 radical (unpaired) electrons. The van der Waals surface area contributed by atoms with Gasteiger partial charge in [0.05, 0.1) is 0 Å². The molecule has 1 atom stereocenters. The fourth-order valence-corrected chi connectivity index (χ4v) is 2.06. The maximum atomic E-state index is 11.5. The second kappa shape index (κ2) is 9.03. The van der Waals surface area contributed by atoms with Crippen molar-refractivity contribution in [3.8, 4) is 0 Å². The maximum Gasteiger partial charge on any atom is 0.326 e. The molecule has 2 amide bonds. The van der Waals surface area contributed by atoms with E-state index in [4.69, 9.17) is 5.11 Å². The molecule has 1 aliphatic rings. The van der Waals surface area contributed by atoms with E-state index in [-0.39, 0.29) is 0 Å². The van der Waals surface area contributed by atoms with Crippen LogP contribution >= 0.6 is 11.8 Å². The van der Waals surface area contributed by atoms with Crippen LogP contribution in [0.3, 0.4) is 0 Å². The SMILES string of the molecule is CSCCC(NC(=O)NCCCNC1CC1)C(=O)O. The minimum Gasteiger partial charge on any atom is -0.480 e. The van der Waals surface area contributed by atoms with Crippen molar-refractivity contribution in [2.75, 3.05) is 25.1 Å². The highest BCUT2D eigenvalue weighted by molar-refractivity contribution is 7.98. The third kappa shape index (κ3) is 7.94. The van der Waals surface area contributed by atoms with Gasteiger partial charge in [-0.1, -0.05) is 0 Å². The Morgan fingerprint density at radius 1 is 1.37 bits per heavy atom. The molecule has 1 fully saturated rings. The summed E-state index contributed by atoms with van der Waals surface area (Å²) in [7, 11) is 0. The molecule has 7 heteroatoms. The van der Waals surface area contributed by atoms with Crippen molar-refractivity contribution in [3.05, 3.63) is 0 Å². The summed E-state index contributed by atoms with van der Waals surface area (Å²) in [5.41, 5.74) is 0. The largest absolute Gasteiger partial charge is 0.480 e. The minimum absolute atomic E-state index is 0.403. The van der Waals surface area contributed by atoms with Crippen LogP contribution in [-0.2, 0) is 4.79 Å². The van der Waals surface area contributed by atoms with Gasteiger partial charge in [0.25, 0.3) is 0 Å². The lowest BCUT2D eigenvalue weighted by Crippen LogP contribution is -2.46. The normalized spacial score (nSPS) is 15.8. The van der Waals surface area contributed by atoms with Crippen LogP contribution in [0.25, 0.3) is 0 Å². The highest BCUT2D eigenvalue weighted by atomic mass is 32.2. The second-order valence-electron chi connectivity index (χ2n) is 4.65. The van der Waals surface area contributed by atoms with Crippen molar-refractivity contribution < 1.29 is 14.7 Å². The van der Waals surface area contributed by atoms with Crippen LogP contribution < -0.4 is 16.0 Å². The van der Waals surface area contributed by atoms with Gasteiger partial charge in [0.1, 0.15) is 6.04 Å². The average molecular weight is 289 g/mol. The molecular weight excluding hydrogens is 266 g/mol. The second-order valence-corrected chi connectivity index (χ2v) is 5.64. The Kier molecular flexibility index (Phi) is 7.66. The number of carboxylic acid groups (broad SMARTS) is 1. The summed E-state index contributed by atoms with van der Waals surface area (Å²) in [6, 6.07) is -0.534. The smallest absolute Gasteiger partial charge is 0.326 e. The Morgan fingerprint density at radius 2 is 2.11 bits per heavy atom. The van der Waals surface area contributed by atoms with E-state index < -0.39 is 18.0 Å². The molecule has 0 heterocycles. The molecule has 0 aliphatic heterocycles. The molecule has 0 aromatic rings. The van der Waals surface area contributed by atoms with Crippen LogP contribution in [0.15, 0.2) is 0 Å². The van der Waals surface area contributed by atoms with E-state index in [0.717, 1.165) is 13.0 Å². The fraction of sp³-hybridized carbons (Fsp3) is 0.833. The number of urea groups is 1. The van der Waals surface area contributed by atoms with Crippen LogP contribution in [0.4, 0.5) is 4.79 Å². The number of carbonyl (C=O) groups is 2. The van der Waals surface area contributed by atoms with E-state index in [2.05, 4.69) is 16.0 Å². The van der Waals surface area contributed by atoms with E-state index in [1.54, 1.807) is 11.8 Å². The summed E-state index contributed by atoms with van der Waals surface area (Å²) in [6.07, 6.45) is 5.71. The van der Waals surface area contributed by atoms with Crippen molar-refractivity contribution in [1.82, 2.24) is 16.0 Å². The molecular formula is C12H23N3O3S. The van der Waals surface area contributed by atoms with E-state index >= 15 is 0 Å². The molecule has 1 rings (SSSR count). The van der Waals surface area contributed by atoms with Gasteiger partial charge < -0.3 is 21.1 Å². The summed E-state index contributed by atoms with van der Waals surface area (Å²) >= 11 is 1.56. The van der Waals surface area contributed by atoms with Crippen LogP contribution in [0.2, 0.25) is 0 Å². The van der Waals surface area contributed by atoms with Crippen LogP contribution in [0.5, 0.6) is 0 Å². The lowest BCUT2D eigenvalue weighted by molar-refractivity contribution is -0.139. The van der Waals surface area contributed by atoms with Gasteiger partial charge >= 0.3 is 12.0 Å². The Labute approximate surface area is 118 Å². The predicted octanol–water partition coefficient (Wildman–Crippen LogP) is 0.634. The zero-order valence-electron chi connectivity index (χ0n) is 11.3. The van der Waals surface area contributed by atoms with Crippen LogP contribution in [0.1, 0.15) is 25.7 Å². The van der Waals surface area contributed by atoms with Gasteiger partial charge in [-0.3, -0.25) is 0 Å². The van der Waals surface area contributed by atoms with Crippen molar-refractivity contribution >= 4 is 23.8 Å². The molecule has 4 N–H and O–H groups in total. The number of aliphatic carboxylic acids is 1. The molecule has 1 aliphatic carbocycles. The first kappa shape index (κ1) is 16.1. The fourth-order valence-electron chi connectivity index (χ4n) is 1.59. The molecule has 19 heavy (non-hydrogen) atoms. The third-order valence-corrected chi connectivity index (χ3v) is 3.51. The summed E-state index contributed by atoms with van der Waals surface area (Å²) in [5, 5.41) is 17.5. The Morgan fingerprint density at radius 3 is 2.68 bits per heavy atom. The number of rotatable bonds is 10. The number of hydrogen-bond donors (Lipinski definition) is 4. The number of carbonyl (C=O) groups excluding carboxylic acids is 1. The number of hydrogen-bond acceptors (Lipinski definition) is 4. The summed E-state index contributed by atoms with van der Waals surface area (Å²) in [6.45, 7) is 1.44. The zero-order valence-corrected chi connectivity index (χ0v) is 12.1. The average Bonchev–Trinajstić information content (AvgIpc) is 3.17. The predicted molar refractivity (Wildman–Crippen MR) is 76.6 cm³/mol. The lowest BCUT2D eigenvalue weighted by Gasteiger charge is -2.14. The van der Waals surface area contributed by atoms with Gasteiger partial charge in [-0.05, 0) is 44.2 Å². The van der Waals surface area contributed by atoms with Gasteiger partial charge in [0.2, 0.25) is 0 Å². The molecule has 1 saturated carbocycles. The lowest BCUT2D eigenvalue weighted by atomic mass is 10.2. The van der Waals surface area contributed by atoms with Crippen molar-refractivity contribution in [3.63, 3.8) is 0 Å². The van der Waals surface area contributed by atoms with Crippen molar-refractivity contribution in [2.24, 2.45) is 0 Å². The molecule has 6 nitrogen and oxygen atoms in total. The quantitative estimate of drug-likeness (QED) is 0.443. The Hall–Kier alpha value is -0.950. The first-order chi connectivity index (χ1) is 9.13. The first-order valence-electron chi connectivity index (χ1n) is 6.63. The maximum absolute atomic E-state index is 11.5. The molecule has 0 saturated heterocycles. The zero-order chi connectivity index (χ0) is 14.1. The molecule has 0 spiro atoms. The number of thioether (sulfide) groups is 1. The molecule has 0 aromatic carbocycles. The van der Waals surface area contributed by atoms with E-state index in [9.17, 15) is 9.59 Å². The monoisotopic (exact) mass is 289 g/mol. The van der Waals surface area contributed by atoms with E-state index in [0.29, 0.717) is 24.8 Å². The molecule has 1 unspecified atom stereocenters. The van der Waals surface area contributed by atoms with E-state index in [1.807, 2.05) is 6.26 Å². The van der Waals surface area contributed by atoms with Gasteiger partial charge in [-0.15, -0.1) is 0 Å². The van der Waals surface area contributed by atoms with Gasteiger partial charge in [0.15, 0.2) is 0 Å². The summed E-state index contributed by atoms with van der Waals surface area (Å²) in [4.78, 5) is 22.5. The summed E-state index contributed by atoms with van der Waals surface area (Å²) < 4.78 is 0. The van der Waals surface area contributed by atoms with E-state index in [1.165, 1.54) is 12.8 Å². The van der Waals surface area contributed by atoms with Gasteiger partial charge in [0, 0.05) is 12.6 Å². The first-order valence-corrected chi connectivity index (χ1v) is 8.02. The minimum atomic E-state index is -0.986. The van der Waals surface area contributed by atoms with Gasteiger partial charge in [-0.25, -0.2) is 9.59 Å². The topological polar surface area (TPSA) is 90.5 Å². The Balaban J connectivity index is 2.06.